The first kappa shape index (κ1) is 15.4. The molecule has 2 heterocycles. The minimum absolute atomic E-state index is 0.00187. The summed E-state index contributed by atoms with van der Waals surface area (Å²) >= 11 is 1.74. The van der Waals surface area contributed by atoms with Gasteiger partial charge >= 0.3 is 0 Å². The van der Waals surface area contributed by atoms with Crippen LogP contribution in [-0.2, 0) is 18.3 Å². The van der Waals surface area contributed by atoms with E-state index in [1.807, 2.05) is 25.6 Å². The van der Waals surface area contributed by atoms with Crippen molar-refractivity contribution in [2.45, 2.75) is 38.7 Å². The SMILES string of the molecule is Cc1nn(C)c(C)c1CCC(=O)NCC1(O)CCSC1. The molecule has 0 aliphatic carbocycles. The molecule has 0 saturated carbocycles. The quantitative estimate of drug-likeness (QED) is 0.849. The molecule has 1 aromatic rings. The Labute approximate surface area is 124 Å². The third kappa shape index (κ3) is 3.55. The van der Waals surface area contributed by atoms with Gasteiger partial charge in [-0.2, -0.15) is 16.9 Å². The van der Waals surface area contributed by atoms with Gasteiger partial charge in [0.1, 0.15) is 0 Å². The van der Waals surface area contributed by atoms with Gasteiger partial charge in [0.05, 0.1) is 11.3 Å². The van der Waals surface area contributed by atoms with Crippen LogP contribution in [0.15, 0.2) is 0 Å². The zero-order valence-electron chi connectivity index (χ0n) is 12.4. The lowest BCUT2D eigenvalue weighted by molar-refractivity contribution is -0.122. The Morgan fingerprint density at radius 2 is 2.30 bits per heavy atom. The molecule has 5 nitrogen and oxygen atoms in total. The molecule has 1 aliphatic heterocycles. The van der Waals surface area contributed by atoms with E-state index in [1.54, 1.807) is 11.8 Å². The molecule has 2 N–H and O–H groups in total. The van der Waals surface area contributed by atoms with Gasteiger partial charge in [-0.3, -0.25) is 9.48 Å². The maximum Gasteiger partial charge on any atom is 0.220 e. The van der Waals surface area contributed by atoms with Gasteiger partial charge in [-0.25, -0.2) is 0 Å². The standard InChI is InChI=1S/C14H23N3O2S/c1-10-12(11(2)17(3)16-10)4-5-13(18)15-8-14(19)6-7-20-9-14/h19H,4-9H2,1-3H3,(H,15,18). The third-order valence-corrected chi connectivity index (χ3v) is 5.19. The molecular weight excluding hydrogens is 274 g/mol. The molecule has 1 atom stereocenters. The number of amides is 1. The Bertz CT molecular complexity index is 493. The number of rotatable bonds is 5. The predicted molar refractivity (Wildman–Crippen MR) is 80.9 cm³/mol. The predicted octanol–water partition coefficient (Wildman–Crippen LogP) is 0.954. The highest BCUT2D eigenvalue weighted by atomic mass is 32.2. The first-order valence-corrected chi connectivity index (χ1v) is 8.13. The van der Waals surface area contributed by atoms with Gasteiger partial charge in [-0.05, 0) is 38.0 Å². The second-order valence-electron chi connectivity index (χ2n) is 5.58. The lowest BCUT2D eigenvalue weighted by Gasteiger charge is -2.21. The van der Waals surface area contributed by atoms with Gasteiger partial charge in [0.25, 0.3) is 0 Å². The summed E-state index contributed by atoms with van der Waals surface area (Å²) < 4.78 is 1.85. The number of hydrogen-bond acceptors (Lipinski definition) is 4. The van der Waals surface area contributed by atoms with Gasteiger partial charge < -0.3 is 10.4 Å². The van der Waals surface area contributed by atoms with Crippen LogP contribution in [0.25, 0.3) is 0 Å². The summed E-state index contributed by atoms with van der Waals surface area (Å²) in [6.07, 6.45) is 1.90. The van der Waals surface area contributed by atoms with Crippen molar-refractivity contribution in [2.75, 3.05) is 18.1 Å². The fourth-order valence-corrected chi connectivity index (χ4v) is 3.80. The van der Waals surface area contributed by atoms with Crippen LogP contribution in [0.5, 0.6) is 0 Å². The summed E-state index contributed by atoms with van der Waals surface area (Å²) in [5.74, 6) is 1.69. The zero-order valence-corrected chi connectivity index (χ0v) is 13.2. The topological polar surface area (TPSA) is 67.2 Å². The Morgan fingerprint density at radius 3 is 2.85 bits per heavy atom. The first-order chi connectivity index (χ1) is 9.41. The largest absolute Gasteiger partial charge is 0.387 e. The highest BCUT2D eigenvalue weighted by Gasteiger charge is 2.31. The van der Waals surface area contributed by atoms with Crippen LogP contribution >= 0.6 is 11.8 Å². The van der Waals surface area contributed by atoms with E-state index in [4.69, 9.17) is 0 Å². The van der Waals surface area contributed by atoms with Crippen molar-refractivity contribution in [1.82, 2.24) is 15.1 Å². The van der Waals surface area contributed by atoms with Crippen molar-refractivity contribution in [1.29, 1.82) is 0 Å². The van der Waals surface area contributed by atoms with Gasteiger partial charge in [-0.1, -0.05) is 0 Å². The Balaban J connectivity index is 1.80. The van der Waals surface area contributed by atoms with Crippen LogP contribution < -0.4 is 5.32 Å². The van der Waals surface area contributed by atoms with Crippen LogP contribution in [0.2, 0.25) is 0 Å². The van der Waals surface area contributed by atoms with Gasteiger partial charge in [-0.15, -0.1) is 0 Å². The van der Waals surface area contributed by atoms with Crippen molar-refractivity contribution < 1.29 is 9.90 Å². The summed E-state index contributed by atoms with van der Waals surface area (Å²) in [5.41, 5.74) is 2.54. The number of aromatic nitrogens is 2. The van der Waals surface area contributed by atoms with Crippen LogP contribution in [0, 0.1) is 13.8 Å². The maximum absolute atomic E-state index is 11.9. The number of nitrogens with zero attached hydrogens (tertiary/aromatic N) is 2. The lowest BCUT2D eigenvalue weighted by Crippen LogP contribution is -2.43. The molecule has 1 amide bonds. The molecule has 1 aromatic heterocycles. The van der Waals surface area contributed by atoms with E-state index in [0.29, 0.717) is 25.1 Å². The molecule has 0 spiro atoms. The van der Waals surface area contributed by atoms with Crippen LogP contribution in [0.4, 0.5) is 0 Å². The normalized spacial score (nSPS) is 22.2. The molecule has 1 fully saturated rings. The maximum atomic E-state index is 11.9. The number of carbonyl (C=O) groups excluding carboxylic acids is 1. The molecule has 1 saturated heterocycles. The fourth-order valence-electron chi connectivity index (χ4n) is 2.51. The second kappa shape index (κ2) is 6.18. The van der Waals surface area contributed by atoms with Gasteiger partial charge in [0, 0.05) is 31.5 Å². The number of aryl methyl sites for hydroxylation is 2. The molecule has 20 heavy (non-hydrogen) atoms. The number of thioether (sulfide) groups is 1. The molecule has 112 valence electrons. The van der Waals surface area contributed by atoms with Crippen LogP contribution in [-0.4, -0.2) is 44.4 Å². The van der Waals surface area contributed by atoms with Gasteiger partial charge in [0.2, 0.25) is 5.91 Å². The van der Waals surface area contributed by atoms with E-state index in [-0.39, 0.29) is 5.91 Å². The second-order valence-corrected chi connectivity index (χ2v) is 6.68. The summed E-state index contributed by atoms with van der Waals surface area (Å²) in [6.45, 7) is 4.36. The summed E-state index contributed by atoms with van der Waals surface area (Å²) in [6, 6.07) is 0. The molecule has 1 unspecified atom stereocenters. The van der Waals surface area contributed by atoms with Crippen molar-refractivity contribution in [2.24, 2.45) is 7.05 Å². The summed E-state index contributed by atoms with van der Waals surface area (Å²) in [7, 11) is 1.92. The number of nitrogens with one attached hydrogen (secondary N) is 1. The molecule has 2 rings (SSSR count). The monoisotopic (exact) mass is 297 g/mol. The lowest BCUT2D eigenvalue weighted by atomic mass is 10.0. The van der Waals surface area contributed by atoms with E-state index in [1.165, 1.54) is 0 Å². The highest BCUT2D eigenvalue weighted by molar-refractivity contribution is 7.99. The van der Waals surface area contributed by atoms with Crippen molar-refractivity contribution >= 4 is 17.7 Å². The number of carbonyl (C=O) groups is 1. The number of hydrogen-bond donors (Lipinski definition) is 2. The molecule has 0 bridgehead atoms. The Morgan fingerprint density at radius 1 is 1.55 bits per heavy atom. The fraction of sp³-hybridized carbons (Fsp3) is 0.714. The van der Waals surface area contributed by atoms with E-state index < -0.39 is 5.60 Å². The van der Waals surface area contributed by atoms with Crippen LogP contribution in [0.1, 0.15) is 29.8 Å². The molecule has 0 radical (unpaired) electrons. The van der Waals surface area contributed by atoms with Crippen molar-refractivity contribution in [3.63, 3.8) is 0 Å². The average molecular weight is 297 g/mol. The zero-order chi connectivity index (χ0) is 14.8. The first-order valence-electron chi connectivity index (χ1n) is 6.97. The minimum atomic E-state index is -0.708. The molecular formula is C14H23N3O2S. The number of aliphatic hydroxyl groups is 1. The third-order valence-electron chi connectivity index (χ3n) is 3.96. The summed E-state index contributed by atoms with van der Waals surface area (Å²) in [5, 5.41) is 17.4. The van der Waals surface area contributed by atoms with Crippen LogP contribution in [0.3, 0.4) is 0 Å². The Hall–Kier alpha value is -1.01. The molecule has 6 heteroatoms. The van der Waals surface area contributed by atoms with E-state index >= 15 is 0 Å². The van der Waals surface area contributed by atoms with E-state index in [2.05, 4.69) is 10.4 Å². The Kier molecular flexibility index (Phi) is 4.75. The highest BCUT2D eigenvalue weighted by Crippen LogP contribution is 2.27. The minimum Gasteiger partial charge on any atom is -0.387 e. The average Bonchev–Trinajstić information content (AvgIpc) is 2.92. The van der Waals surface area contributed by atoms with Crippen molar-refractivity contribution in [3.8, 4) is 0 Å². The van der Waals surface area contributed by atoms with Gasteiger partial charge in [0.15, 0.2) is 0 Å². The van der Waals surface area contributed by atoms with E-state index in [9.17, 15) is 9.90 Å². The van der Waals surface area contributed by atoms with E-state index in [0.717, 1.165) is 29.1 Å². The van der Waals surface area contributed by atoms with Crippen molar-refractivity contribution in [3.05, 3.63) is 17.0 Å². The molecule has 0 aromatic carbocycles. The molecule has 1 aliphatic rings. The summed E-state index contributed by atoms with van der Waals surface area (Å²) in [4.78, 5) is 11.9. The smallest absolute Gasteiger partial charge is 0.220 e.